The molecular formula is C19H25ClN4O2. The van der Waals surface area contributed by atoms with Gasteiger partial charge in [-0.05, 0) is 51.7 Å². The molecule has 1 aliphatic heterocycles. The molecule has 6 nitrogen and oxygen atoms in total. The highest BCUT2D eigenvalue weighted by Crippen LogP contribution is 2.29. The van der Waals surface area contributed by atoms with Crippen molar-refractivity contribution in [3.05, 3.63) is 29.5 Å². The molecule has 26 heavy (non-hydrogen) atoms. The van der Waals surface area contributed by atoms with E-state index in [9.17, 15) is 4.79 Å². The van der Waals surface area contributed by atoms with Gasteiger partial charge in [0.1, 0.15) is 16.6 Å². The van der Waals surface area contributed by atoms with Crippen molar-refractivity contribution >= 4 is 34.4 Å². The first-order chi connectivity index (χ1) is 12.3. The summed E-state index contributed by atoms with van der Waals surface area (Å²) < 4.78 is 5.31. The quantitative estimate of drug-likeness (QED) is 0.819. The van der Waals surface area contributed by atoms with Gasteiger partial charge in [0.2, 0.25) is 0 Å². The standard InChI is InChI=1S/C19H25ClN4O2/c1-19(2,3)26-18(25)22-11-13-6-5-9-24(12-13)17-14-7-4-8-21-15(14)10-16(20)23-17/h4,7-8,10,13H,5-6,9,11-12H2,1-3H3,(H,22,25). The van der Waals surface area contributed by atoms with Crippen molar-refractivity contribution in [2.24, 2.45) is 5.92 Å². The number of nitrogens with one attached hydrogen (secondary N) is 1. The molecule has 1 N–H and O–H groups in total. The number of carbonyl (C=O) groups is 1. The normalized spacial score (nSPS) is 18.0. The first-order valence-corrected chi connectivity index (χ1v) is 9.33. The average molecular weight is 377 g/mol. The molecule has 1 aliphatic rings. The van der Waals surface area contributed by atoms with Gasteiger partial charge in [-0.3, -0.25) is 4.98 Å². The van der Waals surface area contributed by atoms with Crippen molar-refractivity contribution in [3.8, 4) is 0 Å². The molecule has 0 saturated carbocycles. The maximum atomic E-state index is 11.9. The minimum Gasteiger partial charge on any atom is -0.444 e. The number of rotatable bonds is 3. The molecule has 3 rings (SSSR count). The van der Waals surface area contributed by atoms with Gasteiger partial charge in [-0.1, -0.05) is 11.6 Å². The van der Waals surface area contributed by atoms with Crippen LogP contribution in [0.3, 0.4) is 0 Å². The Kier molecular flexibility index (Phi) is 5.51. The van der Waals surface area contributed by atoms with Crippen LogP contribution in [-0.2, 0) is 4.74 Å². The van der Waals surface area contributed by atoms with Gasteiger partial charge in [-0.25, -0.2) is 9.78 Å². The summed E-state index contributed by atoms with van der Waals surface area (Å²) in [4.78, 5) is 23.1. The van der Waals surface area contributed by atoms with E-state index >= 15 is 0 Å². The summed E-state index contributed by atoms with van der Waals surface area (Å²) in [5, 5.41) is 4.33. The molecule has 0 spiro atoms. The van der Waals surface area contributed by atoms with Gasteiger partial charge in [-0.2, -0.15) is 0 Å². The van der Waals surface area contributed by atoms with Gasteiger partial charge in [0, 0.05) is 37.3 Å². The van der Waals surface area contributed by atoms with Gasteiger partial charge in [0.05, 0.1) is 5.52 Å². The number of hydrogen-bond acceptors (Lipinski definition) is 5. The zero-order valence-electron chi connectivity index (χ0n) is 15.5. The number of hydrogen-bond donors (Lipinski definition) is 1. The Bertz CT molecular complexity index is 791. The first kappa shape index (κ1) is 18.7. The second-order valence-corrected chi connectivity index (χ2v) is 8.06. The number of nitrogens with zero attached hydrogens (tertiary/aromatic N) is 3. The van der Waals surface area contributed by atoms with Gasteiger partial charge in [0.15, 0.2) is 0 Å². The van der Waals surface area contributed by atoms with Crippen LogP contribution < -0.4 is 10.2 Å². The van der Waals surface area contributed by atoms with Crippen LogP contribution in [0.2, 0.25) is 5.15 Å². The van der Waals surface area contributed by atoms with E-state index in [4.69, 9.17) is 16.3 Å². The minimum atomic E-state index is -0.487. The van der Waals surface area contributed by atoms with E-state index in [1.54, 1.807) is 12.3 Å². The maximum Gasteiger partial charge on any atom is 0.407 e. The summed E-state index contributed by atoms with van der Waals surface area (Å²) in [7, 11) is 0. The van der Waals surface area contributed by atoms with Crippen LogP contribution in [0, 0.1) is 5.92 Å². The van der Waals surface area contributed by atoms with Crippen molar-refractivity contribution in [3.63, 3.8) is 0 Å². The number of piperidine rings is 1. The van der Waals surface area contributed by atoms with Crippen LogP contribution >= 0.6 is 11.6 Å². The van der Waals surface area contributed by atoms with E-state index in [0.717, 1.165) is 42.7 Å². The number of pyridine rings is 2. The monoisotopic (exact) mass is 376 g/mol. The second kappa shape index (κ2) is 7.66. The highest BCUT2D eigenvalue weighted by Gasteiger charge is 2.24. The minimum absolute atomic E-state index is 0.337. The van der Waals surface area contributed by atoms with E-state index < -0.39 is 5.60 Å². The maximum absolute atomic E-state index is 11.9. The summed E-state index contributed by atoms with van der Waals surface area (Å²) in [5.41, 5.74) is 0.357. The molecule has 0 radical (unpaired) electrons. The molecule has 1 unspecified atom stereocenters. The lowest BCUT2D eigenvalue weighted by molar-refractivity contribution is 0.0517. The molecule has 0 aliphatic carbocycles. The lowest BCUT2D eigenvalue weighted by Crippen LogP contribution is -2.42. The second-order valence-electron chi connectivity index (χ2n) is 7.68. The van der Waals surface area contributed by atoms with Crippen molar-refractivity contribution in [2.75, 3.05) is 24.5 Å². The topological polar surface area (TPSA) is 67.3 Å². The fourth-order valence-electron chi connectivity index (χ4n) is 3.24. The first-order valence-electron chi connectivity index (χ1n) is 8.95. The van der Waals surface area contributed by atoms with Gasteiger partial charge in [0.25, 0.3) is 0 Å². The summed E-state index contributed by atoms with van der Waals surface area (Å²) in [6.07, 6.45) is 3.48. The summed E-state index contributed by atoms with van der Waals surface area (Å²) in [5.74, 6) is 1.20. The molecule has 0 bridgehead atoms. The van der Waals surface area contributed by atoms with Crippen LogP contribution in [0.15, 0.2) is 24.4 Å². The Labute approximate surface area is 158 Å². The molecule has 1 amide bonds. The Hall–Kier alpha value is -2.08. The van der Waals surface area contributed by atoms with E-state index in [-0.39, 0.29) is 6.09 Å². The largest absolute Gasteiger partial charge is 0.444 e. The van der Waals surface area contributed by atoms with Crippen molar-refractivity contribution in [1.82, 2.24) is 15.3 Å². The lowest BCUT2D eigenvalue weighted by Gasteiger charge is -2.34. The van der Waals surface area contributed by atoms with E-state index in [1.807, 2.05) is 32.9 Å². The number of anilines is 1. The summed E-state index contributed by atoms with van der Waals surface area (Å²) in [6.45, 7) is 7.90. The fraction of sp³-hybridized carbons (Fsp3) is 0.526. The molecule has 1 atom stereocenters. The van der Waals surface area contributed by atoms with E-state index in [1.165, 1.54) is 0 Å². The number of carbonyl (C=O) groups excluding carboxylic acids is 1. The Morgan fingerprint density at radius 2 is 2.27 bits per heavy atom. The van der Waals surface area contributed by atoms with Crippen LogP contribution in [0.1, 0.15) is 33.6 Å². The molecular weight excluding hydrogens is 352 g/mol. The van der Waals surface area contributed by atoms with Crippen molar-refractivity contribution < 1.29 is 9.53 Å². The number of alkyl carbamates (subject to hydrolysis) is 1. The molecule has 1 saturated heterocycles. The lowest BCUT2D eigenvalue weighted by atomic mass is 9.97. The molecule has 2 aromatic rings. The molecule has 7 heteroatoms. The molecule has 2 aromatic heterocycles. The Balaban J connectivity index is 1.68. The highest BCUT2D eigenvalue weighted by molar-refractivity contribution is 6.30. The number of ether oxygens (including phenoxy) is 1. The molecule has 0 aromatic carbocycles. The average Bonchev–Trinajstić information content (AvgIpc) is 2.58. The van der Waals surface area contributed by atoms with Crippen LogP contribution in [0.5, 0.6) is 0 Å². The number of halogens is 1. The number of amides is 1. The summed E-state index contributed by atoms with van der Waals surface area (Å²) in [6, 6.07) is 5.71. The Morgan fingerprint density at radius 3 is 3.04 bits per heavy atom. The molecule has 1 fully saturated rings. The van der Waals surface area contributed by atoms with Crippen molar-refractivity contribution in [2.45, 2.75) is 39.2 Å². The predicted molar refractivity (Wildman–Crippen MR) is 104 cm³/mol. The zero-order chi connectivity index (χ0) is 18.7. The highest BCUT2D eigenvalue weighted by atomic mass is 35.5. The number of aromatic nitrogens is 2. The van der Waals surface area contributed by atoms with Gasteiger partial charge >= 0.3 is 6.09 Å². The van der Waals surface area contributed by atoms with Crippen molar-refractivity contribution in [1.29, 1.82) is 0 Å². The van der Waals surface area contributed by atoms with E-state index in [0.29, 0.717) is 17.6 Å². The third-order valence-electron chi connectivity index (χ3n) is 4.30. The third kappa shape index (κ3) is 4.75. The summed E-state index contributed by atoms with van der Waals surface area (Å²) >= 11 is 6.19. The molecule has 3 heterocycles. The Morgan fingerprint density at radius 1 is 1.46 bits per heavy atom. The zero-order valence-corrected chi connectivity index (χ0v) is 16.2. The molecule has 140 valence electrons. The predicted octanol–water partition coefficient (Wildman–Crippen LogP) is 4.02. The smallest absolute Gasteiger partial charge is 0.407 e. The number of fused-ring (bicyclic) bond motifs is 1. The third-order valence-corrected chi connectivity index (χ3v) is 4.49. The van der Waals surface area contributed by atoms with Crippen LogP contribution in [0.4, 0.5) is 10.6 Å². The van der Waals surface area contributed by atoms with Gasteiger partial charge < -0.3 is 15.0 Å². The SMILES string of the molecule is CC(C)(C)OC(=O)NCC1CCCN(c2nc(Cl)cc3ncccc23)C1. The van der Waals surface area contributed by atoms with Crippen LogP contribution in [0.25, 0.3) is 10.9 Å². The fourth-order valence-corrected chi connectivity index (χ4v) is 3.42. The van der Waals surface area contributed by atoms with Crippen LogP contribution in [-0.4, -0.2) is 41.3 Å². The van der Waals surface area contributed by atoms with Gasteiger partial charge in [-0.15, -0.1) is 0 Å². The van der Waals surface area contributed by atoms with E-state index in [2.05, 4.69) is 20.2 Å².